The fraction of sp³-hybridized carbons (Fsp3) is 0.263. The molecule has 0 aliphatic carbocycles. The Bertz CT molecular complexity index is 944. The number of imidazole rings is 1. The average Bonchev–Trinajstić information content (AvgIpc) is 3.03. The number of hydrogen-bond donors (Lipinski definition) is 2. The largest absolute Gasteiger partial charge is 0.369 e. The van der Waals surface area contributed by atoms with Gasteiger partial charge in [-0.2, -0.15) is 0 Å². The van der Waals surface area contributed by atoms with E-state index in [1.54, 1.807) is 35.9 Å². The lowest BCUT2D eigenvalue weighted by Gasteiger charge is -2.29. The first-order valence-corrected chi connectivity index (χ1v) is 8.62. The summed E-state index contributed by atoms with van der Waals surface area (Å²) < 4.78 is 15.7. The lowest BCUT2D eigenvalue weighted by molar-refractivity contribution is 0.102. The highest BCUT2D eigenvalue weighted by molar-refractivity contribution is 6.04. The molecule has 134 valence electrons. The number of rotatable bonds is 3. The molecule has 1 aromatic carbocycles. The number of carbonyl (C=O) groups excluding carboxylic acids is 1. The summed E-state index contributed by atoms with van der Waals surface area (Å²) in [5, 5.41) is 6.07. The fourth-order valence-corrected chi connectivity index (χ4v) is 3.20. The molecule has 7 heteroatoms. The van der Waals surface area contributed by atoms with Crippen LogP contribution in [0.4, 0.5) is 15.8 Å². The predicted molar refractivity (Wildman–Crippen MR) is 99.4 cm³/mol. The molecule has 3 heterocycles. The molecule has 6 nitrogen and oxygen atoms in total. The molecule has 4 rings (SSSR count). The van der Waals surface area contributed by atoms with Crippen LogP contribution in [0.15, 0.2) is 42.7 Å². The van der Waals surface area contributed by atoms with Gasteiger partial charge in [-0.3, -0.25) is 4.79 Å². The van der Waals surface area contributed by atoms with Gasteiger partial charge in [0, 0.05) is 55.9 Å². The first-order chi connectivity index (χ1) is 12.6. The molecule has 0 atom stereocenters. The molecule has 1 aliphatic rings. The molecule has 3 aromatic rings. The number of anilines is 2. The first kappa shape index (κ1) is 16.5. The highest BCUT2D eigenvalue weighted by Gasteiger charge is 2.13. The Balaban J connectivity index is 1.51. The molecular formula is C19H20FN5O. The van der Waals surface area contributed by atoms with Crippen LogP contribution >= 0.6 is 0 Å². The van der Waals surface area contributed by atoms with Crippen molar-refractivity contribution in [3.8, 4) is 0 Å². The number of hydrogen-bond acceptors (Lipinski definition) is 4. The lowest BCUT2D eigenvalue weighted by atomic mass is 10.1. The Labute approximate surface area is 150 Å². The van der Waals surface area contributed by atoms with E-state index < -0.39 is 5.82 Å². The van der Waals surface area contributed by atoms with Gasteiger partial charge in [0.05, 0.1) is 11.4 Å². The normalized spacial score (nSPS) is 14.6. The summed E-state index contributed by atoms with van der Waals surface area (Å²) in [5.74, 6) is -0.739. The Morgan fingerprint density at radius 1 is 1.19 bits per heavy atom. The van der Waals surface area contributed by atoms with Crippen LogP contribution in [0.1, 0.15) is 16.1 Å². The minimum Gasteiger partial charge on any atom is -0.369 e. The zero-order valence-electron chi connectivity index (χ0n) is 14.5. The maximum absolute atomic E-state index is 14.1. The molecule has 1 saturated heterocycles. The van der Waals surface area contributed by atoms with Crippen molar-refractivity contribution in [1.82, 2.24) is 14.7 Å². The van der Waals surface area contributed by atoms with Crippen molar-refractivity contribution in [2.24, 2.45) is 0 Å². The van der Waals surface area contributed by atoms with Crippen molar-refractivity contribution in [3.05, 3.63) is 59.8 Å². The van der Waals surface area contributed by atoms with Crippen molar-refractivity contribution < 1.29 is 9.18 Å². The standard InChI is InChI=1S/C19H20FN5O/c1-13-11-25-12-15(10-17(20)18(25)22-13)23-19(26)14-2-4-16(5-3-14)24-8-6-21-7-9-24/h2-5,10-12,21H,6-9H2,1H3,(H,23,26). The third-order valence-electron chi connectivity index (χ3n) is 4.50. The highest BCUT2D eigenvalue weighted by Crippen LogP contribution is 2.19. The topological polar surface area (TPSA) is 61.7 Å². The van der Waals surface area contributed by atoms with Crippen molar-refractivity contribution in [2.45, 2.75) is 6.92 Å². The van der Waals surface area contributed by atoms with E-state index in [1.165, 1.54) is 6.07 Å². The van der Waals surface area contributed by atoms with Crippen LogP contribution in [0.5, 0.6) is 0 Å². The second kappa shape index (κ2) is 6.76. The number of amides is 1. The van der Waals surface area contributed by atoms with Gasteiger partial charge >= 0.3 is 0 Å². The minimum absolute atomic E-state index is 0.251. The van der Waals surface area contributed by atoms with E-state index in [4.69, 9.17) is 0 Å². The number of nitrogens with one attached hydrogen (secondary N) is 2. The molecule has 0 spiro atoms. The fourth-order valence-electron chi connectivity index (χ4n) is 3.20. The van der Waals surface area contributed by atoms with Crippen LogP contribution in [-0.2, 0) is 0 Å². The van der Waals surface area contributed by atoms with Crippen LogP contribution in [0.2, 0.25) is 0 Å². The van der Waals surface area contributed by atoms with E-state index in [-0.39, 0.29) is 11.6 Å². The maximum Gasteiger partial charge on any atom is 0.255 e. The number of pyridine rings is 1. The van der Waals surface area contributed by atoms with Gasteiger partial charge in [0.25, 0.3) is 5.91 Å². The van der Waals surface area contributed by atoms with Gasteiger partial charge in [0.2, 0.25) is 0 Å². The van der Waals surface area contributed by atoms with Crippen molar-refractivity contribution >= 4 is 22.9 Å². The summed E-state index contributed by atoms with van der Waals surface area (Å²) in [6, 6.07) is 8.77. The SMILES string of the molecule is Cc1cn2cc(NC(=O)c3ccc(N4CCNCC4)cc3)cc(F)c2n1. The molecule has 1 fully saturated rings. The molecule has 0 bridgehead atoms. The highest BCUT2D eigenvalue weighted by atomic mass is 19.1. The molecule has 1 amide bonds. The molecular weight excluding hydrogens is 333 g/mol. The van der Waals surface area contributed by atoms with Crippen molar-refractivity contribution in [3.63, 3.8) is 0 Å². The molecule has 2 N–H and O–H groups in total. The van der Waals surface area contributed by atoms with Gasteiger partial charge < -0.3 is 19.9 Å². The predicted octanol–water partition coefficient (Wildman–Crippen LogP) is 2.44. The second-order valence-electron chi connectivity index (χ2n) is 6.43. The third kappa shape index (κ3) is 3.25. The monoisotopic (exact) mass is 353 g/mol. The van der Waals surface area contributed by atoms with Gasteiger partial charge in [0.1, 0.15) is 0 Å². The van der Waals surface area contributed by atoms with Gasteiger partial charge in [-0.05, 0) is 31.2 Å². The number of halogens is 1. The Morgan fingerprint density at radius 3 is 2.65 bits per heavy atom. The van der Waals surface area contributed by atoms with Crippen LogP contribution < -0.4 is 15.5 Å². The molecule has 0 saturated carbocycles. The Kier molecular flexibility index (Phi) is 4.30. The third-order valence-corrected chi connectivity index (χ3v) is 4.50. The Morgan fingerprint density at radius 2 is 1.92 bits per heavy atom. The van der Waals surface area contributed by atoms with Gasteiger partial charge in [-0.15, -0.1) is 0 Å². The smallest absolute Gasteiger partial charge is 0.255 e. The second-order valence-corrected chi connectivity index (χ2v) is 6.43. The number of piperazine rings is 1. The molecule has 0 unspecified atom stereocenters. The van der Waals surface area contributed by atoms with E-state index in [0.717, 1.165) is 37.6 Å². The van der Waals surface area contributed by atoms with Crippen LogP contribution in [0, 0.1) is 12.7 Å². The zero-order chi connectivity index (χ0) is 18.1. The number of benzene rings is 1. The molecule has 0 radical (unpaired) electrons. The van der Waals surface area contributed by atoms with Gasteiger partial charge in [-0.1, -0.05) is 0 Å². The van der Waals surface area contributed by atoms with Gasteiger partial charge in [0.15, 0.2) is 11.5 Å². The van der Waals surface area contributed by atoms with E-state index in [1.807, 2.05) is 12.1 Å². The number of aryl methyl sites for hydroxylation is 1. The number of fused-ring (bicyclic) bond motifs is 1. The summed E-state index contributed by atoms with van der Waals surface area (Å²) >= 11 is 0. The van der Waals surface area contributed by atoms with Crippen LogP contribution in [0.3, 0.4) is 0 Å². The van der Waals surface area contributed by atoms with E-state index in [9.17, 15) is 9.18 Å². The summed E-state index contributed by atoms with van der Waals surface area (Å²) in [6.45, 7) is 5.63. The summed E-state index contributed by atoms with van der Waals surface area (Å²) in [6.07, 6.45) is 3.38. The van der Waals surface area contributed by atoms with Crippen molar-refractivity contribution in [2.75, 3.05) is 36.4 Å². The summed E-state index contributed by atoms with van der Waals surface area (Å²) in [4.78, 5) is 18.9. The number of nitrogens with zero attached hydrogens (tertiary/aromatic N) is 3. The Hall–Kier alpha value is -2.93. The lowest BCUT2D eigenvalue weighted by Crippen LogP contribution is -2.43. The average molecular weight is 353 g/mol. The molecule has 1 aliphatic heterocycles. The summed E-state index contributed by atoms with van der Waals surface area (Å²) in [5.41, 5.74) is 3.00. The van der Waals surface area contributed by atoms with Crippen LogP contribution in [0.25, 0.3) is 5.65 Å². The first-order valence-electron chi connectivity index (χ1n) is 8.62. The van der Waals surface area contributed by atoms with E-state index >= 15 is 0 Å². The van der Waals surface area contributed by atoms with Crippen molar-refractivity contribution in [1.29, 1.82) is 0 Å². The van der Waals surface area contributed by atoms with E-state index in [0.29, 0.717) is 11.3 Å². The maximum atomic E-state index is 14.1. The minimum atomic E-state index is -0.468. The zero-order valence-corrected chi connectivity index (χ0v) is 14.5. The number of aromatic nitrogens is 2. The van der Waals surface area contributed by atoms with Gasteiger partial charge in [-0.25, -0.2) is 9.37 Å². The molecule has 26 heavy (non-hydrogen) atoms. The van der Waals surface area contributed by atoms with E-state index in [2.05, 4.69) is 20.5 Å². The number of carbonyl (C=O) groups is 1. The van der Waals surface area contributed by atoms with Crippen LogP contribution in [-0.4, -0.2) is 41.5 Å². The molecule has 2 aromatic heterocycles. The summed E-state index contributed by atoms with van der Waals surface area (Å²) in [7, 11) is 0. The quantitative estimate of drug-likeness (QED) is 0.759.